The average molecular weight is 551 g/mol. The van der Waals surface area contributed by atoms with Crippen LogP contribution in [0.2, 0.25) is 0 Å². The van der Waals surface area contributed by atoms with Crippen molar-refractivity contribution in [2.45, 2.75) is 19.0 Å². The molecule has 0 aliphatic heterocycles. The Balaban J connectivity index is 1.74. The Hall–Kier alpha value is -5.07. The average Bonchev–Trinajstić information content (AvgIpc) is 3.24. The first-order chi connectivity index (χ1) is 19.0. The molecule has 4 rings (SSSR count). The van der Waals surface area contributed by atoms with Crippen LogP contribution >= 0.6 is 0 Å². The number of benzene rings is 2. The van der Waals surface area contributed by atoms with Crippen LogP contribution in [0.1, 0.15) is 28.9 Å². The fourth-order valence-electron chi connectivity index (χ4n) is 4.40. The van der Waals surface area contributed by atoms with E-state index in [0.29, 0.717) is 17.0 Å². The van der Waals surface area contributed by atoms with Crippen LogP contribution in [0.3, 0.4) is 0 Å². The smallest absolute Gasteiger partial charge is 0.404 e. The number of pyridine rings is 1. The van der Waals surface area contributed by atoms with Crippen molar-refractivity contribution in [2.24, 2.45) is 12.8 Å². The van der Waals surface area contributed by atoms with Gasteiger partial charge in [-0.2, -0.15) is 5.10 Å². The fourth-order valence-corrected chi connectivity index (χ4v) is 4.40. The molecule has 0 spiro atoms. The predicted octanol–water partition coefficient (Wildman–Crippen LogP) is 3.83. The largest absolute Gasteiger partial charge is 0.497 e. The maximum Gasteiger partial charge on any atom is 0.404 e. The SMILES string of the molecule is COc1ccc([C@H](Nc2nc(Nc3ccc4c(c3)c(N(C)C)nn4C)c(C(N)=O)cc2F)[C@H](C)NC(=O)O)cc1. The van der Waals surface area contributed by atoms with E-state index in [-0.39, 0.29) is 17.2 Å². The van der Waals surface area contributed by atoms with Gasteiger partial charge in [0.05, 0.1) is 30.3 Å². The summed E-state index contributed by atoms with van der Waals surface area (Å²) in [7, 11) is 7.13. The number of fused-ring (bicyclic) bond motifs is 1. The lowest BCUT2D eigenvalue weighted by atomic mass is 10.00. The Bertz CT molecular complexity index is 1550. The fraction of sp³-hybridized carbons (Fsp3) is 0.259. The van der Waals surface area contributed by atoms with Gasteiger partial charge < -0.3 is 36.4 Å². The number of nitrogens with one attached hydrogen (secondary N) is 3. The normalized spacial score (nSPS) is 12.4. The van der Waals surface area contributed by atoms with E-state index in [1.165, 1.54) is 7.11 Å². The van der Waals surface area contributed by atoms with Gasteiger partial charge in [-0.05, 0) is 48.9 Å². The van der Waals surface area contributed by atoms with Crippen molar-refractivity contribution in [3.05, 3.63) is 65.5 Å². The number of hydrogen-bond donors (Lipinski definition) is 5. The van der Waals surface area contributed by atoms with Gasteiger partial charge in [-0.3, -0.25) is 9.48 Å². The van der Waals surface area contributed by atoms with Crippen molar-refractivity contribution in [2.75, 3.05) is 36.7 Å². The van der Waals surface area contributed by atoms with E-state index < -0.39 is 29.9 Å². The van der Waals surface area contributed by atoms with E-state index in [0.717, 1.165) is 22.8 Å². The number of nitrogens with two attached hydrogens (primary N) is 1. The highest BCUT2D eigenvalue weighted by molar-refractivity contribution is 5.99. The van der Waals surface area contributed by atoms with Gasteiger partial charge in [0.15, 0.2) is 17.5 Å². The predicted molar refractivity (Wildman–Crippen MR) is 151 cm³/mol. The van der Waals surface area contributed by atoms with Crippen molar-refractivity contribution in [3.8, 4) is 5.75 Å². The summed E-state index contributed by atoms with van der Waals surface area (Å²) in [5, 5.41) is 23.1. The van der Waals surface area contributed by atoms with Crippen LogP contribution in [-0.2, 0) is 7.05 Å². The zero-order valence-electron chi connectivity index (χ0n) is 22.7. The molecule has 2 heterocycles. The van der Waals surface area contributed by atoms with Crippen LogP contribution in [0.15, 0.2) is 48.5 Å². The number of carbonyl (C=O) groups is 2. The molecule has 210 valence electrons. The molecule has 2 aromatic carbocycles. The number of carbonyl (C=O) groups excluding carboxylic acids is 1. The lowest BCUT2D eigenvalue weighted by Crippen LogP contribution is -2.39. The van der Waals surface area contributed by atoms with Gasteiger partial charge in [-0.15, -0.1) is 0 Å². The van der Waals surface area contributed by atoms with Gasteiger partial charge in [0.1, 0.15) is 11.6 Å². The van der Waals surface area contributed by atoms with Gasteiger partial charge >= 0.3 is 6.09 Å². The molecule has 2 atom stereocenters. The molecule has 0 saturated carbocycles. The number of hydrogen-bond acceptors (Lipinski definition) is 8. The Morgan fingerprint density at radius 2 is 1.82 bits per heavy atom. The summed E-state index contributed by atoms with van der Waals surface area (Å²) in [6.07, 6.45) is -1.24. The number of rotatable bonds is 10. The Labute approximate surface area is 229 Å². The highest BCUT2D eigenvalue weighted by Crippen LogP contribution is 2.31. The quantitative estimate of drug-likeness (QED) is 0.198. The number of aromatic nitrogens is 3. The van der Waals surface area contributed by atoms with Crippen molar-refractivity contribution in [3.63, 3.8) is 0 Å². The minimum absolute atomic E-state index is 0.0263. The second-order valence-corrected chi connectivity index (χ2v) is 9.41. The minimum Gasteiger partial charge on any atom is -0.497 e. The molecule has 0 saturated heterocycles. The molecule has 0 aliphatic rings. The summed E-state index contributed by atoms with van der Waals surface area (Å²) >= 11 is 0. The number of aryl methyl sites for hydroxylation is 1. The highest BCUT2D eigenvalue weighted by Gasteiger charge is 2.25. The van der Waals surface area contributed by atoms with E-state index in [4.69, 9.17) is 10.5 Å². The van der Waals surface area contributed by atoms with Gasteiger partial charge in [-0.25, -0.2) is 14.2 Å². The summed E-state index contributed by atoms with van der Waals surface area (Å²) in [6.45, 7) is 1.64. The van der Waals surface area contributed by atoms with Crippen LogP contribution in [0.25, 0.3) is 10.9 Å². The second kappa shape index (κ2) is 11.4. The maximum absolute atomic E-state index is 15.3. The van der Waals surface area contributed by atoms with E-state index in [2.05, 4.69) is 26.0 Å². The molecule has 2 aromatic heterocycles. The number of methoxy groups -OCH3 is 1. The molecule has 2 amide bonds. The van der Waals surface area contributed by atoms with Crippen LogP contribution < -0.4 is 31.3 Å². The number of nitrogens with zero attached hydrogens (tertiary/aromatic N) is 4. The van der Waals surface area contributed by atoms with E-state index in [1.807, 2.05) is 38.2 Å². The van der Waals surface area contributed by atoms with Gasteiger partial charge in [0, 0.05) is 32.2 Å². The summed E-state index contributed by atoms with van der Waals surface area (Å²) in [6, 6.07) is 11.9. The number of primary amides is 1. The van der Waals surface area contributed by atoms with Crippen molar-refractivity contribution in [1.82, 2.24) is 20.1 Å². The first-order valence-corrected chi connectivity index (χ1v) is 12.3. The molecule has 0 unspecified atom stereocenters. The van der Waals surface area contributed by atoms with Gasteiger partial charge in [0.2, 0.25) is 0 Å². The highest BCUT2D eigenvalue weighted by atomic mass is 19.1. The van der Waals surface area contributed by atoms with Crippen LogP contribution in [0, 0.1) is 5.82 Å². The second-order valence-electron chi connectivity index (χ2n) is 9.41. The monoisotopic (exact) mass is 550 g/mol. The first kappa shape index (κ1) is 28.0. The number of halogens is 1. The third kappa shape index (κ3) is 5.82. The molecule has 6 N–H and O–H groups in total. The topological polar surface area (TPSA) is 160 Å². The summed E-state index contributed by atoms with van der Waals surface area (Å²) in [5.41, 5.74) is 7.51. The first-order valence-electron chi connectivity index (χ1n) is 12.3. The van der Waals surface area contributed by atoms with Crippen molar-refractivity contribution in [1.29, 1.82) is 0 Å². The standard InChI is InChI=1S/C27H31FN8O4/c1-14(30-27(38)39)22(15-6-9-17(40-5)10-7-15)32-25-20(28)13-19(23(29)37)24(33-25)31-16-8-11-21-18(12-16)26(35(2)3)34-36(21)4/h6-14,22,30H,1-5H3,(H2,29,37)(H,38,39)(H2,31,32,33)/t14-,22+/m0/s1. The summed E-state index contributed by atoms with van der Waals surface area (Å²) in [4.78, 5) is 29.8. The Morgan fingerprint density at radius 3 is 2.42 bits per heavy atom. The lowest BCUT2D eigenvalue weighted by molar-refractivity contribution is 0.1000. The molecule has 12 nitrogen and oxygen atoms in total. The van der Waals surface area contributed by atoms with Crippen molar-refractivity contribution < 1.29 is 23.8 Å². The molecule has 40 heavy (non-hydrogen) atoms. The zero-order valence-corrected chi connectivity index (χ0v) is 22.7. The number of carboxylic acid groups (broad SMARTS) is 1. The lowest BCUT2D eigenvalue weighted by Gasteiger charge is -2.27. The Morgan fingerprint density at radius 1 is 1.12 bits per heavy atom. The number of ether oxygens (including phenoxy) is 1. The molecule has 13 heteroatoms. The van der Waals surface area contributed by atoms with Crippen molar-refractivity contribution >= 4 is 46.0 Å². The maximum atomic E-state index is 15.3. The summed E-state index contributed by atoms with van der Waals surface area (Å²) in [5.74, 6) is -0.538. The number of amides is 2. The van der Waals surface area contributed by atoms with Crippen LogP contribution in [0.4, 0.5) is 32.3 Å². The molecule has 0 fully saturated rings. The van der Waals surface area contributed by atoms with Crippen LogP contribution in [0.5, 0.6) is 5.75 Å². The van der Waals surface area contributed by atoms with E-state index >= 15 is 4.39 Å². The Kier molecular flexibility index (Phi) is 7.93. The molecular formula is C27H31FN8O4. The van der Waals surface area contributed by atoms with E-state index in [1.54, 1.807) is 41.9 Å². The number of anilines is 4. The third-order valence-corrected chi connectivity index (χ3v) is 6.38. The summed E-state index contributed by atoms with van der Waals surface area (Å²) < 4.78 is 22.2. The minimum atomic E-state index is -1.24. The molecule has 0 aliphatic carbocycles. The van der Waals surface area contributed by atoms with Crippen LogP contribution in [-0.4, -0.2) is 59.1 Å². The van der Waals surface area contributed by atoms with Gasteiger partial charge in [-0.1, -0.05) is 12.1 Å². The molecule has 0 bridgehead atoms. The van der Waals surface area contributed by atoms with Gasteiger partial charge in [0.25, 0.3) is 5.91 Å². The molecular weight excluding hydrogens is 519 g/mol. The third-order valence-electron chi connectivity index (χ3n) is 6.38. The van der Waals surface area contributed by atoms with E-state index in [9.17, 15) is 14.7 Å². The molecule has 4 aromatic rings. The molecule has 0 radical (unpaired) electrons. The zero-order chi connectivity index (χ0) is 29.1.